The van der Waals surface area contributed by atoms with Crippen molar-refractivity contribution in [2.75, 3.05) is 6.54 Å². The Balaban J connectivity index is 1.60. The van der Waals surface area contributed by atoms with E-state index >= 15 is 0 Å². The van der Waals surface area contributed by atoms with E-state index in [0.29, 0.717) is 10.9 Å². The summed E-state index contributed by atoms with van der Waals surface area (Å²) < 4.78 is 1.43. The van der Waals surface area contributed by atoms with Gasteiger partial charge in [0.05, 0.1) is 23.3 Å². The Morgan fingerprint density at radius 2 is 1.93 bits per heavy atom. The Kier molecular flexibility index (Phi) is 4.52. The van der Waals surface area contributed by atoms with Gasteiger partial charge < -0.3 is 4.90 Å². The van der Waals surface area contributed by atoms with E-state index in [0.717, 1.165) is 30.5 Å². The van der Waals surface area contributed by atoms with Crippen molar-refractivity contribution in [3.63, 3.8) is 0 Å². The van der Waals surface area contributed by atoms with Crippen LogP contribution in [-0.4, -0.2) is 26.9 Å². The third-order valence-corrected chi connectivity index (χ3v) is 5.40. The summed E-state index contributed by atoms with van der Waals surface area (Å²) in [6.45, 7) is 4.74. The van der Waals surface area contributed by atoms with Crippen LogP contribution < -0.4 is 5.56 Å². The Morgan fingerprint density at radius 3 is 2.70 bits per heavy atom. The van der Waals surface area contributed by atoms with E-state index in [1.165, 1.54) is 16.5 Å². The second-order valence-corrected chi connectivity index (χ2v) is 7.30. The van der Waals surface area contributed by atoms with Gasteiger partial charge in [0.25, 0.3) is 5.56 Å². The first-order chi connectivity index (χ1) is 13.0. The molecule has 1 amide bonds. The smallest absolute Gasteiger partial charge is 0.261 e. The van der Waals surface area contributed by atoms with Crippen molar-refractivity contribution < 1.29 is 4.79 Å². The van der Waals surface area contributed by atoms with Gasteiger partial charge in [-0.15, -0.1) is 0 Å². The molecule has 1 atom stereocenters. The van der Waals surface area contributed by atoms with Crippen LogP contribution in [0.15, 0.2) is 53.6 Å². The highest BCUT2D eigenvalue weighted by atomic mass is 16.2. The maximum Gasteiger partial charge on any atom is 0.261 e. The Hall–Kier alpha value is -2.95. The molecule has 0 saturated carbocycles. The van der Waals surface area contributed by atoms with Crippen LogP contribution in [0.3, 0.4) is 0 Å². The summed E-state index contributed by atoms with van der Waals surface area (Å²) in [7, 11) is 0. The number of fused-ring (bicyclic) bond motifs is 1. The Bertz CT molecular complexity index is 1050. The molecule has 138 valence electrons. The third-order valence-electron chi connectivity index (χ3n) is 5.40. The second kappa shape index (κ2) is 6.99. The molecule has 1 fully saturated rings. The van der Waals surface area contributed by atoms with Gasteiger partial charge in [0.2, 0.25) is 5.91 Å². The lowest BCUT2D eigenvalue weighted by Crippen LogP contribution is -2.36. The van der Waals surface area contributed by atoms with E-state index in [1.807, 2.05) is 24.0 Å². The quantitative estimate of drug-likeness (QED) is 0.719. The predicted molar refractivity (Wildman–Crippen MR) is 106 cm³/mol. The number of aromatic nitrogens is 2. The topological polar surface area (TPSA) is 55.2 Å². The normalized spacial score (nSPS) is 16.8. The van der Waals surface area contributed by atoms with Crippen molar-refractivity contribution in [3.05, 3.63) is 75.8 Å². The molecule has 1 aromatic heterocycles. The van der Waals surface area contributed by atoms with Crippen molar-refractivity contribution >= 4 is 16.8 Å². The summed E-state index contributed by atoms with van der Waals surface area (Å²) in [6.07, 6.45) is 3.43. The van der Waals surface area contributed by atoms with E-state index in [2.05, 4.69) is 36.2 Å². The number of rotatable bonds is 3. The van der Waals surface area contributed by atoms with Gasteiger partial charge in [-0.2, -0.15) is 0 Å². The number of aryl methyl sites for hydroxylation is 2. The molecule has 0 bridgehead atoms. The van der Waals surface area contributed by atoms with Crippen LogP contribution in [0.25, 0.3) is 10.9 Å². The number of hydrogen-bond acceptors (Lipinski definition) is 3. The van der Waals surface area contributed by atoms with Crippen LogP contribution in [0.1, 0.15) is 35.6 Å². The molecule has 5 nitrogen and oxygen atoms in total. The lowest BCUT2D eigenvalue weighted by molar-refractivity contribution is -0.132. The third kappa shape index (κ3) is 3.25. The molecule has 2 heterocycles. The maximum atomic E-state index is 13.0. The predicted octanol–water partition coefficient (Wildman–Crippen LogP) is 3.38. The Labute approximate surface area is 158 Å². The SMILES string of the molecule is Cc1ccc(C2CCCN2C(=O)Cn2cnc3c(C)cccc3c2=O)cc1. The molecule has 4 rings (SSSR count). The highest BCUT2D eigenvalue weighted by Crippen LogP contribution is 2.32. The van der Waals surface area contributed by atoms with Crippen LogP contribution in [0.4, 0.5) is 0 Å². The molecule has 1 aliphatic heterocycles. The van der Waals surface area contributed by atoms with Crippen LogP contribution in [0, 0.1) is 13.8 Å². The summed E-state index contributed by atoms with van der Waals surface area (Å²) in [6, 6.07) is 14.0. The molecule has 1 aliphatic rings. The number of carbonyl (C=O) groups excluding carboxylic acids is 1. The molecular formula is C22H23N3O2. The zero-order chi connectivity index (χ0) is 19.0. The summed E-state index contributed by atoms with van der Waals surface area (Å²) >= 11 is 0. The van der Waals surface area contributed by atoms with Crippen LogP contribution in [0.2, 0.25) is 0 Å². The molecular weight excluding hydrogens is 338 g/mol. The number of para-hydroxylation sites is 1. The van der Waals surface area contributed by atoms with Gasteiger partial charge in [0.15, 0.2) is 0 Å². The average molecular weight is 361 g/mol. The highest BCUT2D eigenvalue weighted by molar-refractivity contribution is 5.81. The minimum atomic E-state index is -0.164. The molecule has 5 heteroatoms. The fourth-order valence-electron chi connectivity index (χ4n) is 3.89. The molecule has 0 radical (unpaired) electrons. The van der Waals surface area contributed by atoms with E-state index in [1.54, 1.807) is 6.07 Å². The lowest BCUT2D eigenvalue weighted by Gasteiger charge is -2.25. The summed E-state index contributed by atoms with van der Waals surface area (Å²) in [5.74, 6) is -0.0334. The average Bonchev–Trinajstić information content (AvgIpc) is 3.15. The van der Waals surface area contributed by atoms with Crippen LogP contribution >= 0.6 is 0 Å². The van der Waals surface area contributed by atoms with E-state index < -0.39 is 0 Å². The van der Waals surface area contributed by atoms with Gasteiger partial charge in [-0.3, -0.25) is 14.2 Å². The van der Waals surface area contributed by atoms with Crippen molar-refractivity contribution in [1.82, 2.24) is 14.5 Å². The fraction of sp³-hybridized carbons (Fsp3) is 0.318. The molecule has 1 unspecified atom stereocenters. The van der Waals surface area contributed by atoms with E-state index in [4.69, 9.17) is 0 Å². The van der Waals surface area contributed by atoms with Crippen LogP contribution in [-0.2, 0) is 11.3 Å². The zero-order valence-corrected chi connectivity index (χ0v) is 15.7. The number of nitrogens with zero attached hydrogens (tertiary/aromatic N) is 3. The van der Waals surface area contributed by atoms with Gasteiger partial charge in [-0.1, -0.05) is 42.0 Å². The first-order valence-corrected chi connectivity index (χ1v) is 9.35. The molecule has 3 aromatic rings. The van der Waals surface area contributed by atoms with Gasteiger partial charge in [-0.25, -0.2) is 4.98 Å². The highest BCUT2D eigenvalue weighted by Gasteiger charge is 2.30. The molecule has 0 spiro atoms. The number of carbonyl (C=O) groups is 1. The molecule has 0 aliphatic carbocycles. The fourth-order valence-corrected chi connectivity index (χ4v) is 3.89. The number of hydrogen-bond donors (Lipinski definition) is 0. The molecule has 2 aromatic carbocycles. The van der Waals surface area contributed by atoms with Gasteiger partial charge >= 0.3 is 0 Å². The standard InChI is InChI=1S/C22H23N3O2/c1-15-8-10-17(11-9-15)19-7-4-12-25(19)20(26)13-24-14-23-21-16(2)5-3-6-18(21)22(24)27/h3,5-6,8-11,14,19H,4,7,12-13H2,1-2H3. The lowest BCUT2D eigenvalue weighted by atomic mass is 10.0. The van der Waals surface area contributed by atoms with Crippen molar-refractivity contribution in [3.8, 4) is 0 Å². The minimum absolute atomic E-state index is 0.0259. The first-order valence-electron chi connectivity index (χ1n) is 9.35. The van der Waals surface area contributed by atoms with Gasteiger partial charge in [-0.05, 0) is 43.9 Å². The maximum absolute atomic E-state index is 13.0. The summed E-state index contributed by atoms with van der Waals surface area (Å²) in [5, 5.41) is 0.557. The number of likely N-dealkylation sites (tertiary alicyclic amines) is 1. The largest absolute Gasteiger partial charge is 0.334 e. The van der Waals surface area contributed by atoms with Gasteiger partial charge in [0, 0.05) is 6.54 Å². The summed E-state index contributed by atoms with van der Waals surface area (Å²) in [5.41, 5.74) is 3.86. The Morgan fingerprint density at radius 1 is 1.15 bits per heavy atom. The second-order valence-electron chi connectivity index (χ2n) is 7.30. The summed E-state index contributed by atoms with van der Waals surface area (Å²) in [4.78, 5) is 32.0. The molecule has 0 N–H and O–H groups in total. The minimum Gasteiger partial charge on any atom is -0.334 e. The van der Waals surface area contributed by atoms with Crippen molar-refractivity contribution in [1.29, 1.82) is 0 Å². The molecule has 27 heavy (non-hydrogen) atoms. The van der Waals surface area contributed by atoms with E-state index in [-0.39, 0.29) is 24.1 Å². The number of amides is 1. The molecule has 1 saturated heterocycles. The first kappa shape index (κ1) is 17.5. The zero-order valence-electron chi connectivity index (χ0n) is 15.7. The van der Waals surface area contributed by atoms with Crippen molar-refractivity contribution in [2.45, 2.75) is 39.3 Å². The monoisotopic (exact) mass is 361 g/mol. The number of benzene rings is 2. The van der Waals surface area contributed by atoms with Crippen molar-refractivity contribution in [2.24, 2.45) is 0 Å². The van der Waals surface area contributed by atoms with Crippen LogP contribution in [0.5, 0.6) is 0 Å². The van der Waals surface area contributed by atoms with E-state index in [9.17, 15) is 9.59 Å². The van der Waals surface area contributed by atoms with Gasteiger partial charge in [0.1, 0.15) is 6.54 Å².